The van der Waals surface area contributed by atoms with E-state index < -0.39 is 5.97 Å². The lowest BCUT2D eigenvalue weighted by molar-refractivity contribution is -0.136. The summed E-state index contributed by atoms with van der Waals surface area (Å²) in [4.78, 5) is 15.2. The number of hydrogen-bond acceptors (Lipinski definition) is 2. The average molecular weight is 243 g/mol. The number of carbonyl (C=O) groups is 1. The smallest absolute Gasteiger partial charge is 0.303 e. The van der Waals surface area contributed by atoms with Gasteiger partial charge in [-0.15, -0.1) is 0 Å². The summed E-state index contributed by atoms with van der Waals surface area (Å²) in [7, 11) is 0. The second kappa shape index (κ2) is 4.77. The maximum atomic E-state index is 10.6. The molecule has 0 fully saturated rings. The summed E-state index contributed by atoms with van der Waals surface area (Å²) in [6.45, 7) is 6.19. The van der Waals surface area contributed by atoms with Crippen molar-refractivity contribution in [1.82, 2.24) is 4.98 Å². The Hall–Kier alpha value is -1.90. The standard InChI is InChI=1S/C15H17NO2/c1-9-6-10(2)15-11(3)8-12(4-5-14(17)18)16-13(15)7-9/h6-8H,4-5H2,1-3H3,(H,17,18). The molecule has 3 heteroatoms. The van der Waals surface area contributed by atoms with E-state index in [0.29, 0.717) is 6.42 Å². The number of carboxylic acids is 1. The molecule has 1 aromatic heterocycles. The highest BCUT2D eigenvalue weighted by atomic mass is 16.4. The first-order valence-electron chi connectivity index (χ1n) is 6.06. The van der Waals surface area contributed by atoms with Crippen molar-refractivity contribution in [3.05, 3.63) is 40.6 Å². The number of benzene rings is 1. The van der Waals surface area contributed by atoms with Crippen LogP contribution in [0.5, 0.6) is 0 Å². The highest BCUT2D eigenvalue weighted by Gasteiger charge is 2.07. The summed E-state index contributed by atoms with van der Waals surface area (Å²) < 4.78 is 0. The second-order valence-electron chi connectivity index (χ2n) is 4.80. The molecule has 0 bridgehead atoms. The summed E-state index contributed by atoms with van der Waals surface area (Å²) in [6, 6.07) is 6.20. The summed E-state index contributed by atoms with van der Waals surface area (Å²) in [5.74, 6) is -0.782. The first kappa shape index (κ1) is 12.6. The zero-order valence-electron chi connectivity index (χ0n) is 10.9. The van der Waals surface area contributed by atoms with E-state index in [-0.39, 0.29) is 6.42 Å². The molecular formula is C15H17NO2. The van der Waals surface area contributed by atoms with Crippen molar-refractivity contribution in [1.29, 1.82) is 0 Å². The fraction of sp³-hybridized carbons (Fsp3) is 0.333. The Morgan fingerprint density at radius 2 is 1.83 bits per heavy atom. The number of rotatable bonds is 3. The minimum atomic E-state index is -0.782. The molecule has 18 heavy (non-hydrogen) atoms. The first-order chi connectivity index (χ1) is 8.47. The number of aromatic nitrogens is 1. The lowest BCUT2D eigenvalue weighted by atomic mass is 10.0. The number of nitrogens with zero attached hydrogens (tertiary/aromatic N) is 1. The van der Waals surface area contributed by atoms with Crippen LogP contribution in [0.3, 0.4) is 0 Å². The molecule has 0 aliphatic rings. The third-order valence-corrected chi connectivity index (χ3v) is 3.10. The van der Waals surface area contributed by atoms with Crippen LogP contribution in [0, 0.1) is 20.8 Å². The lowest BCUT2D eigenvalue weighted by Gasteiger charge is -2.09. The van der Waals surface area contributed by atoms with Crippen molar-refractivity contribution in [2.75, 3.05) is 0 Å². The second-order valence-corrected chi connectivity index (χ2v) is 4.80. The van der Waals surface area contributed by atoms with Crippen LogP contribution in [0.25, 0.3) is 10.9 Å². The molecule has 2 aromatic rings. The molecule has 3 nitrogen and oxygen atoms in total. The van der Waals surface area contributed by atoms with Crippen LogP contribution in [-0.4, -0.2) is 16.1 Å². The molecule has 0 saturated carbocycles. The van der Waals surface area contributed by atoms with E-state index in [9.17, 15) is 4.79 Å². The average Bonchev–Trinajstić information content (AvgIpc) is 2.24. The normalized spacial score (nSPS) is 10.8. The summed E-state index contributed by atoms with van der Waals surface area (Å²) in [5, 5.41) is 9.90. The molecule has 0 amide bonds. The van der Waals surface area contributed by atoms with Crippen molar-refractivity contribution in [2.45, 2.75) is 33.6 Å². The number of fused-ring (bicyclic) bond motifs is 1. The van der Waals surface area contributed by atoms with Crippen LogP contribution in [0.2, 0.25) is 0 Å². The van der Waals surface area contributed by atoms with Gasteiger partial charge in [-0.25, -0.2) is 0 Å². The molecule has 0 aliphatic carbocycles. The molecule has 0 radical (unpaired) electrons. The van der Waals surface area contributed by atoms with Crippen molar-refractivity contribution in [3.8, 4) is 0 Å². The minimum absolute atomic E-state index is 0.128. The Balaban J connectivity index is 2.51. The van der Waals surface area contributed by atoms with E-state index in [1.165, 1.54) is 16.5 Å². The van der Waals surface area contributed by atoms with Gasteiger partial charge in [0.2, 0.25) is 0 Å². The SMILES string of the molecule is Cc1cc(C)c2c(C)cc(CCC(=O)O)nc2c1. The largest absolute Gasteiger partial charge is 0.481 e. The molecule has 0 unspecified atom stereocenters. The van der Waals surface area contributed by atoms with Gasteiger partial charge in [0.15, 0.2) is 0 Å². The van der Waals surface area contributed by atoms with Crippen LogP contribution in [0.1, 0.15) is 28.8 Å². The van der Waals surface area contributed by atoms with Crippen LogP contribution >= 0.6 is 0 Å². The highest BCUT2D eigenvalue weighted by molar-refractivity contribution is 5.86. The maximum absolute atomic E-state index is 10.6. The van der Waals surface area contributed by atoms with Crippen LogP contribution in [0.4, 0.5) is 0 Å². The first-order valence-corrected chi connectivity index (χ1v) is 6.06. The van der Waals surface area contributed by atoms with Gasteiger partial charge in [-0.2, -0.15) is 0 Å². The molecule has 0 aliphatic heterocycles. The Morgan fingerprint density at radius 3 is 2.50 bits per heavy atom. The Labute approximate surface area is 106 Å². The van der Waals surface area contributed by atoms with Gasteiger partial charge in [-0.3, -0.25) is 9.78 Å². The van der Waals surface area contributed by atoms with Gasteiger partial charge in [-0.1, -0.05) is 6.07 Å². The van der Waals surface area contributed by atoms with Crippen molar-refractivity contribution < 1.29 is 9.90 Å². The van der Waals surface area contributed by atoms with E-state index >= 15 is 0 Å². The minimum Gasteiger partial charge on any atom is -0.481 e. The molecule has 1 aromatic carbocycles. The topological polar surface area (TPSA) is 50.2 Å². The number of pyridine rings is 1. The number of carboxylic acid groups (broad SMARTS) is 1. The number of aryl methyl sites for hydroxylation is 4. The number of hydrogen-bond donors (Lipinski definition) is 1. The summed E-state index contributed by atoms with van der Waals surface area (Å²) >= 11 is 0. The fourth-order valence-electron chi connectivity index (χ4n) is 2.42. The number of aliphatic carboxylic acids is 1. The monoisotopic (exact) mass is 243 g/mol. The van der Waals surface area contributed by atoms with E-state index in [2.05, 4.69) is 31.0 Å². The molecule has 94 valence electrons. The van der Waals surface area contributed by atoms with E-state index in [1.807, 2.05) is 13.0 Å². The molecule has 0 atom stereocenters. The summed E-state index contributed by atoms with van der Waals surface area (Å²) in [5.41, 5.74) is 5.39. The molecule has 0 saturated heterocycles. The van der Waals surface area contributed by atoms with Gasteiger partial charge in [0.25, 0.3) is 0 Å². The Morgan fingerprint density at radius 1 is 1.17 bits per heavy atom. The molecule has 0 spiro atoms. The lowest BCUT2D eigenvalue weighted by Crippen LogP contribution is -2.00. The predicted molar refractivity (Wildman–Crippen MR) is 71.9 cm³/mol. The summed E-state index contributed by atoms with van der Waals surface area (Å²) in [6.07, 6.45) is 0.613. The predicted octanol–water partition coefficient (Wildman–Crippen LogP) is 3.18. The Bertz CT molecular complexity index is 617. The van der Waals surface area contributed by atoms with Gasteiger partial charge < -0.3 is 5.11 Å². The third-order valence-electron chi connectivity index (χ3n) is 3.10. The van der Waals surface area contributed by atoms with E-state index in [0.717, 1.165) is 16.8 Å². The van der Waals surface area contributed by atoms with Gasteiger partial charge >= 0.3 is 5.97 Å². The molecule has 2 rings (SSSR count). The van der Waals surface area contributed by atoms with Crippen LogP contribution in [0.15, 0.2) is 18.2 Å². The third kappa shape index (κ3) is 2.50. The fourth-order valence-corrected chi connectivity index (χ4v) is 2.42. The van der Waals surface area contributed by atoms with Crippen molar-refractivity contribution in [2.24, 2.45) is 0 Å². The van der Waals surface area contributed by atoms with Gasteiger partial charge in [0, 0.05) is 17.5 Å². The maximum Gasteiger partial charge on any atom is 0.303 e. The molecule has 1 N–H and O–H groups in total. The van der Waals surface area contributed by atoms with Crippen LogP contribution in [-0.2, 0) is 11.2 Å². The Kier molecular flexibility index (Phi) is 3.32. The van der Waals surface area contributed by atoms with Gasteiger partial charge in [0.1, 0.15) is 0 Å². The molecular weight excluding hydrogens is 226 g/mol. The quantitative estimate of drug-likeness (QED) is 0.900. The van der Waals surface area contributed by atoms with Crippen molar-refractivity contribution >= 4 is 16.9 Å². The van der Waals surface area contributed by atoms with Crippen LogP contribution < -0.4 is 0 Å². The van der Waals surface area contributed by atoms with Crippen molar-refractivity contribution in [3.63, 3.8) is 0 Å². The van der Waals surface area contributed by atoms with Gasteiger partial charge in [-0.05, 0) is 49.6 Å². The zero-order valence-corrected chi connectivity index (χ0v) is 10.9. The van der Waals surface area contributed by atoms with Gasteiger partial charge in [0.05, 0.1) is 11.9 Å². The zero-order chi connectivity index (χ0) is 13.3. The van der Waals surface area contributed by atoms with E-state index in [1.54, 1.807) is 0 Å². The highest BCUT2D eigenvalue weighted by Crippen LogP contribution is 2.23. The molecule has 1 heterocycles. The van der Waals surface area contributed by atoms with E-state index in [4.69, 9.17) is 5.11 Å².